The van der Waals surface area contributed by atoms with E-state index in [1.54, 1.807) is 0 Å². The van der Waals surface area contributed by atoms with Gasteiger partial charge in [-0.1, -0.05) is 225 Å². The first kappa shape index (κ1) is 34.0. The molecule has 56 heavy (non-hydrogen) atoms. The van der Waals surface area contributed by atoms with E-state index in [9.17, 15) is 0 Å². The molecule has 0 heterocycles. The van der Waals surface area contributed by atoms with Gasteiger partial charge in [-0.3, -0.25) is 0 Å². The molecule has 0 radical (unpaired) electrons. The Kier molecular flexibility index (Phi) is 8.28. The SMILES string of the molecule is C[Si](C)(C)c1ccc(-c2ccccc2-c2c3ccccc3c(-c3c4ccccc4c(-c4ccccc4-c4ccccc4)c4ccccc34)c3ccccc23)cc1. The molecular formula is C55H42Si. The first-order valence-electron chi connectivity index (χ1n) is 19.7. The number of hydrogen-bond donors (Lipinski definition) is 0. The van der Waals surface area contributed by atoms with Crippen LogP contribution in [0.15, 0.2) is 200 Å². The highest BCUT2D eigenvalue weighted by atomic mass is 28.3. The molecule has 0 N–H and O–H groups in total. The molecule has 0 saturated heterocycles. The molecule has 10 aromatic rings. The number of fused-ring (bicyclic) bond motifs is 4. The van der Waals surface area contributed by atoms with Crippen molar-refractivity contribution in [3.63, 3.8) is 0 Å². The molecule has 0 spiro atoms. The zero-order valence-corrected chi connectivity index (χ0v) is 33.1. The molecule has 0 atom stereocenters. The smallest absolute Gasteiger partial charge is 0.0656 e. The number of hydrogen-bond acceptors (Lipinski definition) is 0. The van der Waals surface area contributed by atoms with Crippen molar-refractivity contribution >= 4 is 56.4 Å². The summed E-state index contributed by atoms with van der Waals surface area (Å²) in [4.78, 5) is 0. The molecule has 0 bridgehead atoms. The first-order valence-corrected chi connectivity index (χ1v) is 23.2. The van der Waals surface area contributed by atoms with Crippen LogP contribution in [0.4, 0.5) is 0 Å². The van der Waals surface area contributed by atoms with Crippen molar-refractivity contribution in [2.24, 2.45) is 0 Å². The van der Waals surface area contributed by atoms with Crippen molar-refractivity contribution in [3.05, 3.63) is 200 Å². The molecule has 266 valence electrons. The molecule has 0 fully saturated rings. The first-order chi connectivity index (χ1) is 27.5. The van der Waals surface area contributed by atoms with Gasteiger partial charge in [-0.2, -0.15) is 0 Å². The van der Waals surface area contributed by atoms with Crippen LogP contribution in [0.1, 0.15) is 0 Å². The van der Waals surface area contributed by atoms with Gasteiger partial charge in [0, 0.05) is 0 Å². The minimum atomic E-state index is -1.43. The van der Waals surface area contributed by atoms with Gasteiger partial charge in [0.25, 0.3) is 0 Å². The predicted octanol–water partition coefficient (Wildman–Crippen LogP) is 15.2. The van der Waals surface area contributed by atoms with Gasteiger partial charge in [-0.25, -0.2) is 0 Å². The van der Waals surface area contributed by atoms with Crippen molar-refractivity contribution in [1.29, 1.82) is 0 Å². The fourth-order valence-corrected chi connectivity index (χ4v) is 10.2. The maximum Gasteiger partial charge on any atom is 0.0775 e. The van der Waals surface area contributed by atoms with E-state index in [0.29, 0.717) is 0 Å². The lowest BCUT2D eigenvalue weighted by Crippen LogP contribution is -2.37. The summed E-state index contributed by atoms with van der Waals surface area (Å²) >= 11 is 0. The fraction of sp³-hybridized carbons (Fsp3) is 0.0545. The van der Waals surface area contributed by atoms with Gasteiger partial charge in [0.1, 0.15) is 0 Å². The Morgan fingerprint density at radius 3 is 0.839 bits per heavy atom. The predicted molar refractivity (Wildman–Crippen MR) is 247 cm³/mol. The van der Waals surface area contributed by atoms with E-state index < -0.39 is 8.07 Å². The molecule has 0 saturated carbocycles. The average molecular weight is 731 g/mol. The van der Waals surface area contributed by atoms with E-state index in [0.717, 1.165) is 0 Å². The lowest BCUT2D eigenvalue weighted by molar-refractivity contribution is 1.60. The Bertz CT molecular complexity index is 2980. The molecule has 10 rings (SSSR count). The van der Waals surface area contributed by atoms with Gasteiger partial charge < -0.3 is 0 Å². The van der Waals surface area contributed by atoms with Crippen LogP contribution in [0, 0.1) is 0 Å². The summed E-state index contributed by atoms with van der Waals surface area (Å²) < 4.78 is 0. The quantitative estimate of drug-likeness (QED) is 0.118. The summed E-state index contributed by atoms with van der Waals surface area (Å²) in [6.45, 7) is 7.25. The molecule has 0 aliphatic heterocycles. The third-order valence-electron chi connectivity index (χ3n) is 11.7. The lowest BCUT2D eigenvalue weighted by atomic mass is 9.79. The second kappa shape index (κ2) is 13.6. The van der Waals surface area contributed by atoms with Crippen LogP contribution >= 0.6 is 0 Å². The third-order valence-corrected chi connectivity index (χ3v) is 13.7. The average Bonchev–Trinajstić information content (AvgIpc) is 3.25. The highest BCUT2D eigenvalue weighted by molar-refractivity contribution is 6.88. The van der Waals surface area contributed by atoms with Gasteiger partial charge in [-0.15, -0.1) is 0 Å². The molecule has 1 heteroatoms. The Labute approximate surface area is 330 Å². The summed E-state index contributed by atoms with van der Waals surface area (Å²) in [5.74, 6) is 0. The van der Waals surface area contributed by atoms with Gasteiger partial charge in [0.05, 0.1) is 8.07 Å². The van der Waals surface area contributed by atoms with Crippen LogP contribution in [0.2, 0.25) is 19.6 Å². The fourth-order valence-electron chi connectivity index (χ4n) is 9.05. The standard InChI is InChI=1S/C55H42Si/c1-56(2,3)39-35-33-38(34-36-39)41-22-8-10-24-43(41)53-46-27-13-17-31-50(46)55(51-32-18-14-28-47(51)53)54-48-29-15-11-25-44(48)52(45-26-12-16-30-49(45)54)42-23-9-7-21-40(42)37-19-5-4-6-20-37/h4-36H,1-3H3. The van der Waals surface area contributed by atoms with Gasteiger partial charge >= 0.3 is 0 Å². The van der Waals surface area contributed by atoms with Crippen LogP contribution in [0.5, 0.6) is 0 Å². The zero-order chi connectivity index (χ0) is 37.8. The lowest BCUT2D eigenvalue weighted by Gasteiger charge is -2.23. The normalized spacial score (nSPS) is 11.8. The second-order valence-corrected chi connectivity index (χ2v) is 21.0. The third kappa shape index (κ3) is 5.58. The van der Waals surface area contributed by atoms with Gasteiger partial charge in [0.15, 0.2) is 0 Å². The Hall–Kier alpha value is -6.54. The van der Waals surface area contributed by atoms with Crippen molar-refractivity contribution in [3.8, 4) is 55.6 Å². The van der Waals surface area contributed by atoms with E-state index in [1.165, 1.54) is 104 Å². The Morgan fingerprint density at radius 1 is 0.232 bits per heavy atom. The minimum absolute atomic E-state index is 1.22. The van der Waals surface area contributed by atoms with Crippen LogP contribution in [-0.2, 0) is 0 Å². The molecule has 0 aliphatic carbocycles. The van der Waals surface area contributed by atoms with Crippen molar-refractivity contribution < 1.29 is 0 Å². The van der Waals surface area contributed by atoms with Crippen molar-refractivity contribution in [2.45, 2.75) is 19.6 Å². The summed E-state index contributed by atoms with van der Waals surface area (Å²) in [6, 6.07) is 74.4. The topological polar surface area (TPSA) is 0 Å². The highest BCUT2D eigenvalue weighted by Crippen LogP contribution is 2.51. The molecule has 0 aliphatic rings. The van der Waals surface area contributed by atoms with E-state index in [2.05, 4.69) is 220 Å². The number of benzene rings is 10. The maximum atomic E-state index is 2.42. The van der Waals surface area contributed by atoms with E-state index >= 15 is 0 Å². The molecule has 10 aromatic carbocycles. The minimum Gasteiger partial charge on any atom is -0.0656 e. The molecule has 0 aromatic heterocycles. The highest BCUT2D eigenvalue weighted by Gasteiger charge is 2.24. The van der Waals surface area contributed by atoms with Gasteiger partial charge in [0.2, 0.25) is 0 Å². The van der Waals surface area contributed by atoms with Gasteiger partial charge in [-0.05, 0) is 98.7 Å². The molecule has 0 nitrogen and oxygen atoms in total. The van der Waals surface area contributed by atoms with Crippen LogP contribution in [0.3, 0.4) is 0 Å². The Balaban J connectivity index is 1.30. The molecule has 0 unspecified atom stereocenters. The summed E-state index contributed by atoms with van der Waals surface area (Å²) in [6.07, 6.45) is 0. The van der Waals surface area contributed by atoms with Crippen LogP contribution in [0.25, 0.3) is 98.7 Å². The van der Waals surface area contributed by atoms with E-state index in [1.807, 2.05) is 0 Å². The Morgan fingerprint density at radius 2 is 0.500 bits per heavy atom. The molecule has 0 amide bonds. The monoisotopic (exact) mass is 730 g/mol. The maximum absolute atomic E-state index is 2.42. The summed E-state index contributed by atoms with van der Waals surface area (Å²) in [7, 11) is -1.43. The largest absolute Gasteiger partial charge is 0.0775 e. The van der Waals surface area contributed by atoms with Crippen LogP contribution < -0.4 is 5.19 Å². The van der Waals surface area contributed by atoms with Crippen molar-refractivity contribution in [2.75, 3.05) is 0 Å². The number of rotatable bonds is 6. The van der Waals surface area contributed by atoms with E-state index in [4.69, 9.17) is 0 Å². The summed E-state index contributed by atoms with van der Waals surface area (Å²) in [5.41, 5.74) is 12.6. The molecular weight excluding hydrogens is 689 g/mol. The summed E-state index contributed by atoms with van der Waals surface area (Å²) in [5, 5.41) is 11.6. The van der Waals surface area contributed by atoms with Crippen LogP contribution in [-0.4, -0.2) is 8.07 Å². The zero-order valence-electron chi connectivity index (χ0n) is 32.1. The second-order valence-electron chi connectivity index (χ2n) is 16.0. The van der Waals surface area contributed by atoms with E-state index in [-0.39, 0.29) is 0 Å². The van der Waals surface area contributed by atoms with Crippen molar-refractivity contribution in [1.82, 2.24) is 0 Å².